The molecule has 4 nitrogen and oxygen atoms in total. The molecular formula is C11H8ClNO3S. The van der Waals surface area contributed by atoms with Gasteiger partial charge in [0.25, 0.3) is 0 Å². The maximum absolute atomic E-state index is 10.8. The first-order chi connectivity index (χ1) is 8.16. The van der Waals surface area contributed by atoms with Gasteiger partial charge in [0, 0.05) is 5.02 Å². The van der Waals surface area contributed by atoms with E-state index in [0.717, 1.165) is 0 Å². The Morgan fingerprint density at radius 2 is 2.12 bits per heavy atom. The molecule has 2 rings (SSSR count). The fraction of sp³-hybridized carbons (Fsp3) is 0.0909. The van der Waals surface area contributed by atoms with E-state index in [-0.39, 0.29) is 12.3 Å². The quantitative estimate of drug-likeness (QED) is 0.927. The molecule has 2 aromatic rings. The van der Waals surface area contributed by atoms with E-state index >= 15 is 0 Å². The van der Waals surface area contributed by atoms with Gasteiger partial charge in [0.1, 0.15) is 12.4 Å². The standard InChI is InChI=1S/C11H8ClNO3S/c12-7-1-3-8(4-2-7)16-5-9-10(11(14)15)13-6-17-9/h1-4,6H,5H2,(H,14,15). The Hall–Kier alpha value is -1.59. The van der Waals surface area contributed by atoms with Gasteiger partial charge in [-0.05, 0) is 24.3 Å². The summed E-state index contributed by atoms with van der Waals surface area (Å²) < 4.78 is 5.44. The highest BCUT2D eigenvalue weighted by Gasteiger charge is 2.13. The van der Waals surface area contributed by atoms with Crippen molar-refractivity contribution < 1.29 is 14.6 Å². The minimum absolute atomic E-state index is 0.0453. The predicted molar refractivity (Wildman–Crippen MR) is 64.9 cm³/mol. The van der Waals surface area contributed by atoms with Gasteiger partial charge >= 0.3 is 5.97 Å². The molecule has 88 valence electrons. The highest BCUT2D eigenvalue weighted by molar-refractivity contribution is 7.09. The Balaban J connectivity index is 2.05. The van der Waals surface area contributed by atoms with Gasteiger partial charge in [0.2, 0.25) is 0 Å². The zero-order chi connectivity index (χ0) is 12.3. The van der Waals surface area contributed by atoms with Crippen molar-refractivity contribution in [1.29, 1.82) is 0 Å². The zero-order valence-electron chi connectivity index (χ0n) is 8.59. The molecule has 0 aliphatic rings. The van der Waals surface area contributed by atoms with E-state index < -0.39 is 5.97 Å². The van der Waals surface area contributed by atoms with Crippen LogP contribution in [0.3, 0.4) is 0 Å². The van der Waals surface area contributed by atoms with Crippen LogP contribution in [0.2, 0.25) is 5.02 Å². The van der Waals surface area contributed by atoms with E-state index in [1.807, 2.05) is 0 Å². The molecule has 17 heavy (non-hydrogen) atoms. The number of carboxylic acids is 1. The number of aromatic carboxylic acids is 1. The number of carboxylic acid groups (broad SMARTS) is 1. The summed E-state index contributed by atoms with van der Waals surface area (Å²) in [5.74, 6) is -0.403. The molecule has 0 unspecified atom stereocenters. The lowest BCUT2D eigenvalue weighted by atomic mass is 10.3. The van der Waals surface area contributed by atoms with Gasteiger partial charge in [-0.1, -0.05) is 11.6 Å². The van der Waals surface area contributed by atoms with Gasteiger partial charge in [-0.3, -0.25) is 0 Å². The third kappa shape index (κ3) is 2.95. The van der Waals surface area contributed by atoms with Crippen molar-refractivity contribution in [3.63, 3.8) is 0 Å². The second-order valence-corrected chi connectivity index (χ2v) is 4.55. The van der Waals surface area contributed by atoms with Crippen molar-refractivity contribution in [1.82, 2.24) is 4.98 Å². The molecule has 1 N–H and O–H groups in total. The largest absolute Gasteiger partial charge is 0.488 e. The number of rotatable bonds is 4. The topological polar surface area (TPSA) is 59.4 Å². The molecule has 1 aromatic carbocycles. The van der Waals surface area contributed by atoms with E-state index in [4.69, 9.17) is 21.4 Å². The van der Waals surface area contributed by atoms with E-state index in [2.05, 4.69) is 4.98 Å². The van der Waals surface area contributed by atoms with E-state index in [1.165, 1.54) is 16.8 Å². The van der Waals surface area contributed by atoms with Crippen LogP contribution in [0.5, 0.6) is 5.75 Å². The Morgan fingerprint density at radius 3 is 2.76 bits per heavy atom. The van der Waals surface area contributed by atoms with Crippen LogP contribution >= 0.6 is 22.9 Å². The van der Waals surface area contributed by atoms with Crippen molar-refractivity contribution in [2.45, 2.75) is 6.61 Å². The summed E-state index contributed by atoms with van der Waals surface area (Å²) in [5.41, 5.74) is 1.54. The average molecular weight is 270 g/mol. The molecule has 0 aliphatic heterocycles. The number of ether oxygens (including phenoxy) is 1. The lowest BCUT2D eigenvalue weighted by Crippen LogP contribution is -2.03. The lowest BCUT2D eigenvalue weighted by molar-refractivity contribution is 0.0688. The van der Waals surface area contributed by atoms with E-state index in [9.17, 15) is 4.79 Å². The summed E-state index contributed by atoms with van der Waals surface area (Å²) in [6.07, 6.45) is 0. The van der Waals surface area contributed by atoms with Gasteiger partial charge in [0.05, 0.1) is 10.4 Å². The first kappa shape index (κ1) is 11.9. The molecule has 0 amide bonds. The van der Waals surface area contributed by atoms with Gasteiger partial charge in [0.15, 0.2) is 5.69 Å². The number of hydrogen-bond acceptors (Lipinski definition) is 4. The highest BCUT2D eigenvalue weighted by atomic mass is 35.5. The van der Waals surface area contributed by atoms with Crippen molar-refractivity contribution in [3.8, 4) is 5.75 Å². The monoisotopic (exact) mass is 269 g/mol. The molecule has 0 spiro atoms. The fourth-order valence-electron chi connectivity index (χ4n) is 1.23. The highest BCUT2D eigenvalue weighted by Crippen LogP contribution is 2.19. The minimum Gasteiger partial charge on any atom is -0.488 e. The molecule has 6 heteroatoms. The Kier molecular flexibility index (Phi) is 3.61. The minimum atomic E-state index is -1.04. The summed E-state index contributed by atoms with van der Waals surface area (Å²) >= 11 is 6.99. The van der Waals surface area contributed by atoms with Crippen LogP contribution in [0.15, 0.2) is 29.8 Å². The zero-order valence-corrected chi connectivity index (χ0v) is 10.2. The Labute approximate surface area is 106 Å². The summed E-state index contributed by atoms with van der Waals surface area (Å²) in [6.45, 7) is 0.188. The number of halogens is 1. The van der Waals surface area contributed by atoms with Crippen molar-refractivity contribution in [2.75, 3.05) is 0 Å². The molecule has 0 radical (unpaired) electrons. The normalized spacial score (nSPS) is 10.2. The van der Waals surface area contributed by atoms with E-state index in [0.29, 0.717) is 15.6 Å². The van der Waals surface area contributed by atoms with Crippen molar-refractivity contribution in [3.05, 3.63) is 45.4 Å². The van der Waals surface area contributed by atoms with Crippen LogP contribution in [0.25, 0.3) is 0 Å². The smallest absolute Gasteiger partial charge is 0.355 e. The van der Waals surface area contributed by atoms with Crippen LogP contribution in [0.1, 0.15) is 15.4 Å². The van der Waals surface area contributed by atoms with E-state index in [1.54, 1.807) is 24.3 Å². The molecule has 1 aromatic heterocycles. The molecule has 0 saturated carbocycles. The number of nitrogens with zero attached hydrogens (tertiary/aromatic N) is 1. The maximum atomic E-state index is 10.8. The fourth-order valence-corrected chi connectivity index (χ4v) is 2.02. The number of benzene rings is 1. The van der Waals surface area contributed by atoms with Crippen molar-refractivity contribution in [2.24, 2.45) is 0 Å². The summed E-state index contributed by atoms with van der Waals surface area (Å²) in [4.78, 5) is 15.2. The molecular weight excluding hydrogens is 262 g/mol. The lowest BCUT2D eigenvalue weighted by Gasteiger charge is -2.04. The Morgan fingerprint density at radius 1 is 1.41 bits per heavy atom. The molecule has 0 fully saturated rings. The van der Waals surface area contributed by atoms with Crippen LogP contribution in [0.4, 0.5) is 0 Å². The SMILES string of the molecule is O=C(O)c1ncsc1COc1ccc(Cl)cc1. The molecule has 0 bridgehead atoms. The molecule has 0 atom stereocenters. The number of hydrogen-bond donors (Lipinski definition) is 1. The number of aromatic nitrogens is 1. The summed E-state index contributed by atoms with van der Waals surface area (Å²) in [7, 11) is 0. The molecule has 1 heterocycles. The van der Waals surface area contributed by atoms with Crippen LogP contribution in [-0.2, 0) is 6.61 Å². The van der Waals surface area contributed by atoms with Crippen molar-refractivity contribution >= 4 is 28.9 Å². The maximum Gasteiger partial charge on any atom is 0.355 e. The second kappa shape index (κ2) is 5.16. The predicted octanol–water partition coefficient (Wildman–Crippen LogP) is 3.07. The first-order valence-electron chi connectivity index (χ1n) is 4.71. The van der Waals surface area contributed by atoms with Crippen LogP contribution in [-0.4, -0.2) is 16.1 Å². The first-order valence-corrected chi connectivity index (χ1v) is 5.96. The second-order valence-electron chi connectivity index (χ2n) is 3.17. The number of thiazole rings is 1. The molecule has 0 saturated heterocycles. The number of carbonyl (C=O) groups is 1. The van der Waals surface area contributed by atoms with Gasteiger partial charge in [-0.2, -0.15) is 0 Å². The van der Waals surface area contributed by atoms with Gasteiger partial charge < -0.3 is 9.84 Å². The Bertz CT molecular complexity index is 524. The van der Waals surface area contributed by atoms with Crippen LogP contribution in [0, 0.1) is 0 Å². The van der Waals surface area contributed by atoms with Gasteiger partial charge in [-0.15, -0.1) is 11.3 Å². The third-order valence-corrected chi connectivity index (χ3v) is 3.09. The van der Waals surface area contributed by atoms with Crippen LogP contribution < -0.4 is 4.74 Å². The summed E-state index contributed by atoms with van der Waals surface area (Å²) in [6, 6.07) is 6.87. The molecule has 0 aliphatic carbocycles. The summed E-state index contributed by atoms with van der Waals surface area (Å²) in [5, 5.41) is 9.49. The third-order valence-electron chi connectivity index (χ3n) is 2.03. The average Bonchev–Trinajstić information content (AvgIpc) is 2.76. The van der Waals surface area contributed by atoms with Gasteiger partial charge in [-0.25, -0.2) is 9.78 Å².